The summed E-state index contributed by atoms with van der Waals surface area (Å²) in [6.45, 7) is 5.35. The number of ether oxygens (including phenoxy) is 1. The summed E-state index contributed by atoms with van der Waals surface area (Å²) in [6.07, 6.45) is 1.05. The van der Waals surface area contributed by atoms with Crippen molar-refractivity contribution in [3.8, 4) is 0 Å². The third-order valence-electron chi connectivity index (χ3n) is 2.33. The van der Waals surface area contributed by atoms with Gasteiger partial charge in [0, 0.05) is 11.6 Å². The molecule has 0 saturated carbocycles. The van der Waals surface area contributed by atoms with Gasteiger partial charge in [0.25, 0.3) is 0 Å². The molecule has 5 heteroatoms. The van der Waals surface area contributed by atoms with Crippen LogP contribution < -0.4 is 0 Å². The molecular formula is C13H13BrFNO2. The smallest absolute Gasteiger partial charge is 0.419 e. The average molecular weight is 314 g/mol. The van der Waals surface area contributed by atoms with Crippen LogP contribution in [0.1, 0.15) is 20.8 Å². The molecule has 2 rings (SSSR count). The highest BCUT2D eigenvalue weighted by atomic mass is 79.9. The Morgan fingerprint density at radius 1 is 1.33 bits per heavy atom. The van der Waals surface area contributed by atoms with E-state index < -0.39 is 17.5 Å². The highest BCUT2D eigenvalue weighted by Crippen LogP contribution is 2.28. The molecule has 18 heavy (non-hydrogen) atoms. The first-order valence-corrected chi connectivity index (χ1v) is 6.27. The second-order valence-corrected chi connectivity index (χ2v) is 5.76. The quantitative estimate of drug-likeness (QED) is 0.725. The van der Waals surface area contributed by atoms with Gasteiger partial charge in [-0.1, -0.05) is 0 Å². The largest absolute Gasteiger partial charge is 0.443 e. The van der Waals surface area contributed by atoms with Crippen molar-refractivity contribution in [1.29, 1.82) is 0 Å². The fourth-order valence-corrected chi connectivity index (χ4v) is 2.18. The van der Waals surface area contributed by atoms with Crippen LogP contribution in [0.2, 0.25) is 0 Å². The Labute approximate surface area is 113 Å². The van der Waals surface area contributed by atoms with E-state index in [2.05, 4.69) is 15.9 Å². The van der Waals surface area contributed by atoms with Crippen LogP contribution in [0.3, 0.4) is 0 Å². The first kappa shape index (κ1) is 13.1. The minimum Gasteiger partial charge on any atom is -0.443 e. The van der Waals surface area contributed by atoms with Crippen molar-refractivity contribution in [2.45, 2.75) is 26.4 Å². The highest BCUT2D eigenvalue weighted by molar-refractivity contribution is 9.10. The van der Waals surface area contributed by atoms with Crippen LogP contribution in [-0.4, -0.2) is 16.3 Å². The lowest BCUT2D eigenvalue weighted by molar-refractivity contribution is 0.0544. The fourth-order valence-electron chi connectivity index (χ4n) is 1.63. The average Bonchev–Trinajstić information content (AvgIpc) is 2.65. The summed E-state index contributed by atoms with van der Waals surface area (Å²) in [5, 5.41) is 0.772. The van der Waals surface area contributed by atoms with Gasteiger partial charge in [0.15, 0.2) is 0 Å². The molecule has 0 aliphatic rings. The van der Waals surface area contributed by atoms with Crippen molar-refractivity contribution in [2.75, 3.05) is 0 Å². The number of hydrogen-bond acceptors (Lipinski definition) is 2. The molecule has 0 radical (unpaired) electrons. The first-order valence-electron chi connectivity index (χ1n) is 5.48. The maximum atomic E-state index is 13.5. The molecule has 0 bridgehead atoms. The van der Waals surface area contributed by atoms with Crippen molar-refractivity contribution >= 4 is 32.9 Å². The number of halogens is 2. The maximum Gasteiger partial charge on any atom is 0.419 e. The number of rotatable bonds is 0. The van der Waals surface area contributed by atoms with E-state index in [4.69, 9.17) is 4.74 Å². The minimum absolute atomic E-state index is 0.260. The number of fused-ring (bicyclic) bond motifs is 1. The molecule has 1 aromatic heterocycles. The summed E-state index contributed by atoms with van der Waals surface area (Å²) < 4.78 is 20.3. The van der Waals surface area contributed by atoms with E-state index in [1.165, 1.54) is 10.6 Å². The molecule has 96 valence electrons. The third-order valence-corrected chi connectivity index (χ3v) is 3.09. The van der Waals surface area contributed by atoms with Gasteiger partial charge in [-0.3, -0.25) is 4.57 Å². The summed E-state index contributed by atoms with van der Waals surface area (Å²) in [5.74, 6) is -0.411. The standard InChI is InChI=1S/C13H13BrFNO2/c1-13(2,3)18-12(17)16-7-6-8-4-5-9(15)10(14)11(8)16/h4-7H,1-3H3. The lowest BCUT2D eigenvalue weighted by Gasteiger charge is -2.20. The molecule has 2 aromatic rings. The second-order valence-electron chi connectivity index (χ2n) is 4.97. The van der Waals surface area contributed by atoms with Gasteiger partial charge in [-0.05, 0) is 54.9 Å². The van der Waals surface area contributed by atoms with Crippen molar-refractivity contribution in [3.63, 3.8) is 0 Å². The minimum atomic E-state index is -0.590. The monoisotopic (exact) mass is 313 g/mol. The summed E-state index contributed by atoms with van der Waals surface area (Å²) in [4.78, 5) is 12.0. The predicted molar refractivity (Wildman–Crippen MR) is 71.2 cm³/mol. The van der Waals surface area contributed by atoms with Gasteiger partial charge >= 0.3 is 6.09 Å². The van der Waals surface area contributed by atoms with Gasteiger partial charge in [-0.2, -0.15) is 0 Å². The van der Waals surface area contributed by atoms with Crippen molar-refractivity contribution < 1.29 is 13.9 Å². The molecule has 0 saturated heterocycles. The molecule has 3 nitrogen and oxygen atoms in total. The van der Waals surface area contributed by atoms with Crippen LogP contribution in [0, 0.1) is 5.82 Å². The molecule has 1 heterocycles. The molecule has 0 spiro atoms. The molecule has 0 unspecified atom stereocenters. The Kier molecular flexibility index (Phi) is 3.19. The SMILES string of the molecule is CC(C)(C)OC(=O)n1ccc2ccc(F)c(Br)c21. The summed E-state index contributed by atoms with van der Waals surface area (Å²) in [7, 11) is 0. The molecule has 1 aromatic carbocycles. The Hall–Kier alpha value is -1.36. The van der Waals surface area contributed by atoms with Crippen LogP contribution in [0.4, 0.5) is 9.18 Å². The molecule has 0 atom stereocenters. The Morgan fingerprint density at radius 2 is 2.00 bits per heavy atom. The summed E-state index contributed by atoms with van der Waals surface area (Å²) in [6, 6.07) is 4.71. The number of carbonyl (C=O) groups is 1. The number of carbonyl (C=O) groups excluding carboxylic acids is 1. The Morgan fingerprint density at radius 3 is 2.61 bits per heavy atom. The number of nitrogens with zero attached hydrogens (tertiary/aromatic N) is 1. The topological polar surface area (TPSA) is 31.2 Å². The van der Waals surface area contributed by atoms with E-state index >= 15 is 0 Å². The third kappa shape index (κ3) is 2.41. The van der Waals surface area contributed by atoms with Gasteiger partial charge in [0.2, 0.25) is 0 Å². The van der Waals surface area contributed by atoms with E-state index in [1.807, 2.05) is 0 Å². The first-order chi connectivity index (χ1) is 8.29. The van der Waals surface area contributed by atoms with Gasteiger partial charge in [0.1, 0.15) is 11.4 Å². The molecule has 0 N–H and O–H groups in total. The maximum absolute atomic E-state index is 13.5. The van der Waals surface area contributed by atoms with Gasteiger partial charge < -0.3 is 4.74 Å². The van der Waals surface area contributed by atoms with E-state index in [0.29, 0.717) is 5.52 Å². The Balaban J connectivity index is 2.52. The summed E-state index contributed by atoms with van der Waals surface area (Å²) in [5.41, 5.74) is -0.114. The molecule has 0 aliphatic carbocycles. The lowest BCUT2D eigenvalue weighted by atomic mass is 10.2. The van der Waals surface area contributed by atoms with E-state index in [0.717, 1.165) is 5.39 Å². The molecule has 0 aliphatic heterocycles. The van der Waals surface area contributed by atoms with Crippen molar-refractivity contribution in [2.24, 2.45) is 0 Å². The lowest BCUT2D eigenvalue weighted by Crippen LogP contribution is -2.26. The molecular weight excluding hydrogens is 301 g/mol. The highest BCUT2D eigenvalue weighted by Gasteiger charge is 2.20. The van der Waals surface area contributed by atoms with Crippen LogP contribution in [-0.2, 0) is 4.74 Å². The molecule has 0 amide bonds. The van der Waals surface area contributed by atoms with E-state index in [9.17, 15) is 9.18 Å². The van der Waals surface area contributed by atoms with Crippen molar-refractivity contribution in [1.82, 2.24) is 4.57 Å². The van der Waals surface area contributed by atoms with Crippen LogP contribution in [0.15, 0.2) is 28.9 Å². The number of hydrogen-bond donors (Lipinski definition) is 0. The van der Waals surface area contributed by atoms with Crippen molar-refractivity contribution in [3.05, 3.63) is 34.7 Å². The van der Waals surface area contributed by atoms with E-state index in [-0.39, 0.29) is 4.47 Å². The summed E-state index contributed by atoms with van der Waals surface area (Å²) >= 11 is 3.16. The van der Waals surface area contributed by atoms with E-state index in [1.54, 1.807) is 39.1 Å². The van der Waals surface area contributed by atoms with Crippen LogP contribution in [0.25, 0.3) is 10.9 Å². The normalized spacial score (nSPS) is 11.8. The number of aromatic nitrogens is 1. The second kappa shape index (κ2) is 4.39. The zero-order valence-electron chi connectivity index (χ0n) is 10.3. The Bertz CT molecular complexity index is 613. The zero-order valence-corrected chi connectivity index (χ0v) is 11.9. The fraction of sp³-hybridized carbons (Fsp3) is 0.308. The van der Waals surface area contributed by atoms with Gasteiger partial charge in [-0.15, -0.1) is 0 Å². The number of benzene rings is 1. The zero-order chi connectivity index (χ0) is 13.5. The van der Waals surface area contributed by atoms with Gasteiger partial charge in [-0.25, -0.2) is 9.18 Å². The predicted octanol–water partition coefficient (Wildman–Crippen LogP) is 4.33. The van der Waals surface area contributed by atoms with Gasteiger partial charge in [0.05, 0.1) is 9.99 Å². The van der Waals surface area contributed by atoms with Crippen LogP contribution >= 0.6 is 15.9 Å². The van der Waals surface area contributed by atoms with Crippen LogP contribution in [0.5, 0.6) is 0 Å². The molecule has 0 fully saturated rings.